The number of fused-ring (bicyclic) bond motifs is 2. The van der Waals surface area contributed by atoms with E-state index in [2.05, 4.69) is 19.9 Å². The summed E-state index contributed by atoms with van der Waals surface area (Å²) in [6, 6.07) is 3.57. The summed E-state index contributed by atoms with van der Waals surface area (Å²) in [6.07, 6.45) is 2.43. The first-order valence-electron chi connectivity index (χ1n) is 11.6. The molecule has 37 heavy (non-hydrogen) atoms. The Labute approximate surface area is 211 Å². The number of phosphoric ester groups is 1. The number of carbonyl (C=O) groups is 1. The zero-order valence-electron chi connectivity index (χ0n) is 20.2. The SMILES string of the molecule is CC1(C)CC(c2ccncc2)OP(=O)(OC[C@H]2O[C@@H](n3cnc4c(N)ncnc43)[C@]3(C)OC(=O)O[C@H]23)O1. The predicted octanol–water partition coefficient (Wildman–Crippen LogP) is 3.08. The second-order valence-electron chi connectivity index (χ2n) is 9.86. The first-order chi connectivity index (χ1) is 17.6. The summed E-state index contributed by atoms with van der Waals surface area (Å²) >= 11 is 0. The Bertz CT molecular complexity index is 1400. The molecule has 3 aromatic heterocycles. The van der Waals surface area contributed by atoms with Crippen molar-refractivity contribution in [2.45, 2.75) is 62.9 Å². The fraction of sp³-hybridized carbons (Fsp3) is 0.500. The zero-order chi connectivity index (χ0) is 26.0. The summed E-state index contributed by atoms with van der Waals surface area (Å²) in [5, 5.41) is 0. The van der Waals surface area contributed by atoms with Crippen molar-refractivity contribution >= 4 is 31.0 Å². The van der Waals surface area contributed by atoms with Crippen LogP contribution in [0.1, 0.15) is 45.1 Å². The summed E-state index contributed by atoms with van der Waals surface area (Å²) in [5.41, 5.74) is 5.41. The largest absolute Gasteiger partial charge is 0.509 e. The van der Waals surface area contributed by atoms with Crippen LogP contribution in [0.15, 0.2) is 37.2 Å². The zero-order valence-corrected chi connectivity index (χ0v) is 21.1. The van der Waals surface area contributed by atoms with Crippen molar-refractivity contribution in [3.8, 4) is 0 Å². The molecule has 3 saturated heterocycles. The van der Waals surface area contributed by atoms with Crippen molar-refractivity contribution in [2.75, 3.05) is 12.3 Å². The van der Waals surface area contributed by atoms with Crippen LogP contribution in [0.5, 0.6) is 0 Å². The Hall–Kier alpha value is -3.16. The number of nitrogen functional groups attached to an aromatic ring is 1. The summed E-state index contributed by atoms with van der Waals surface area (Å²) < 4.78 is 49.7. The first kappa shape index (κ1) is 24.2. The Kier molecular flexibility index (Phi) is 5.51. The lowest BCUT2D eigenvalue weighted by atomic mass is 9.96. The highest BCUT2D eigenvalue weighted by atomic mass is 31.2. The normalized spacial score (nSPS) is 34.7. The van der Waals surface area contributed by atoms with Crippen molar-refractivity contribution in [1.82, 2.24) is 24.5 Å². The van der Waals surface area contributed by atoms with Crippen molar-refractivity contribution in [3.05, 3.63) is 42.7 Å². The van der Waals surface area contributed by atoms with E-state index in [-0.39, 0.29) is 12.4 Å². The van der Waals surface area contributed by atoms with Gasteiger partial charge in [-0.25, -0.2) is 24.3 Å². The van der Waals surface area contributed by atoms with Crippen LogP contribution in [0, 0.1) is 0 Å². The van der Waals surface area contributed by atoms with E-state index < -0.39 is 49.7 Å². The quantitative estimate of drug-likeness (QED) is 0.376. The average molecular weight is 532 g/mol. The lowest BCUT2D eigenvalue weighted by Crippen LogP contribution is -2.42. The number of nitrogens with zero attached hydrogens (tertiary/aromatic N) is 5. The van der Waals surface area contributed by atoms with Crippen molar-refractivity contribution in [3.63, 3.8) is 0 Å². The van der Waals surface area contributed by atoms with Gasteiger partial charge < -0.3 is 19.9 Å². The molecular formula is C22H25N6O8P. The number of anilines is 1. The van der Waals surface area contributed by atoms with Crippen molar-refractivity contribution in [2.24, 2.45) is 0 Å². The fourth-order valence-corrected chi connectivity index (χ4v) is 6.65. The first-order valence-corrected chi connectivity index (χ1v) is 13.0. The molecule has 2 N–H and O–H groups in total. The molecule has 0 aliphatic carbocycles. The number of pyridine rings is 1. The summed E-state index contributed by atoms with van der Waals surface area (Å²) in [6.45, 7) is 5.02. The maximum absolute atomic E-state index is 13.6. The monoisotopic (exact) mass is 532 g/mol. The minimum Gasteiger partial charge on any atom is -0.424 e. The number of imidazole rings is 1. The number of ether oxygens (including phenoxy) is 3. The van der Waals surface area contributed by atoms with Gasteiger partial charge in [0.25, 0.3) is 0 Å². The molecule has 14 nitrogen and oxygen atoms in total. The minimum atomic E-state index is -4.05. The number of hydrogen-bond acceptors (Lipinski definition) is 13. The molecule has 3 fully saturated rings. The summed E-state index contributed by atoms with van der Waals surface area (Å²) in [4.78, 5) is 28.7. The van der Waals surface area contributed by atoms with Crippen LogP contribution in [0.4, 0.5) is 10.6 Å². The molecule has 0 aromatic carbocycles. The highest BCUT2D eigenvalue weighted by molar-refractivity contribution is 7.48. The van der Waals surface area contributed by atoms with Crippen LogP contribution in [0.25, 0.3) is 11.2 Å². The molecule has 2 unspecified atom stereocenters. The number of hydrogen-bond donors (Lipinski definition) is 1. The summed E-state index contributed by atoms with van der Waals surface area (Å²) in [7, 11) is -4.05. The third-order valence-electron chi connectivity index (χ3n) is 6.63. The van der Waals surface area contributed by atoms with Gasteiger partial charge in [0.1, 0.15) is 17.9 Å². The van der Waals surface area contributed by atoms with Crippen LogP contribution >= 0.6 is 7.82 Å². The van der Waals surface area contributed by atoms with Crippen LogP contribution in [0.2, 0.25) is 0 Å². The van der Waals surface area contributed by atoms with Crippen LogP contribution in [0.3, 0.4) is 0 Å². The van der Waals surface area contributed by atoms with E-state index in [1.807, 2.05) is 13.8 Å². The molecule has 3 aromatic rings. The molecule has 15 heteroatoms. The lowest BCUT2D eigenvalue weighted by molar-refractivity contribution is -0.0988. The Balaban J connectivity index is 1.26. The standard InChI is InChI=1S/C22H25N6O8P/c1-21(2)8-13(12-4-6-24-7-5-12)35-37(30,36-21)31-9-14-16-22(3,34-20(29)33-16)19(32-14)28-11-27-15-17(23)25-10-26-18(15)28/h4-7,10-11,13-14,16,19H,8-9H2,1-3H3,(H2,23,25,26)/t13?,14-,16-,19-,22-,37?/m1/s1. The van der Waals surface area contributed by atoms with Gasteiger partial charge in [0.05, 0.1) is 24.6 Å². The Morgan fingerprint density at radius 1 is 1.22 bits per heavy atom. The molecule has 6 atom stereocenters. The van der Waals surface area contributed by atoms with Crippen molar-refractivity contribution in [1.29, 1.82) is 0 Å². The molecule has 6 heterocycles. The van der Waals surface area contributed by atoms with E-state index in [4.69, 9.17) is 33.5 Å². The van der Waals surface area contributed by atoms with Crippen LogP contribution < -0.4 is 5.73 Å². The maximum Gasteiger partial charge on any atom is 0.509 e. The third-order valence-corrected chi connectivity index (χ3v) is 8.33. The number of nitrogens with two attached hydrogens (primary N) is 1. The lowest BCUT2D eigenvalue weighted by Gasteiger charge is -2.39. The van der Waals surface area contributed by atoms with Gasteiger partial charge in [-0.3, -0.25) is 23.1 Å². The molecule has 3 aliphatic rings. The van der Waals surface area contributed by atoms with E-state index in [9.17, 15) is 9.36 Å². The number of carbonyl (C=O) groups excluding carboxylic acids is 1. The topological polar surface area (TPSA) is 172 Å². The van der Waals surface area contributed by atoms with Gasteiger partial charge >= 0.3 is 14.0 Å². The van der Waals surface area contributed by atoms with Crippen LogP contribution in [-0.2, 0) is 32.3 Å². The van der Waals surface area contributed by atoms with E-state index in [1.54, 1.807) is 36.0 Å². The molecule has 0 spiro atoms. The predicted molar refractivity (Wildman–Crippen MR) is 125 cm³/mol. The number of aromatic nitrogens is 5. The smallest absolute Gasteiger partial charge is 0.424 e. The van der Waals surface area contributed by atoms with Gasteiger partial charge in [0, 0.05) is 18.8 Å². The highest BCUT2D eigenvalue weighted by Crippen LogP contribution is 2.62. The van der Waals surface area contributed by atoms with Gasteiger partial charge in [-0.05, 0) is 38.5 Å². The molecule has 0 amide bonds. The second-order valence-corrected chi connectivity index (χ2v) is 11.4. The van der Waals surface area contributed by atoms with E-state index in [0.29, 0.717) is 17.6 Å². The maximum atomic E-state index is 13.6. The van der Waals surface area contributed by atoms with Crippen molar-refractivity contribution < 1.29 is 37.1 Å². The molecule has 6 rings (SSSR count). The van der Waals surface area contributed by atoms with Crippen LogP contribution in [-0.4, -0.2) is 60.7 Å². The van der Waals surface area contributed by atoms with Gasteiger partial charge in [0.2, 0.25) is 0 Å². The van der Waals surface area contributed by atoms with E-state index in [0.717, 1.165) is 5.56 Å². The minimum absolute atomic E-state index is 0.194. The second kappa shape index (κ2) is 8.43. The molecular weight excluding hydrogens is 507 g/mol. The average Bonchev–Trinajstić information content (AvgIpc) is 3.47. The molecule has 0 bridgehead atoms. The van der Waals surface area contributed by atoms with E-state index in [1.165, 1.54) is 12.7 Å². The molecule has 3 aliphatic heterocycles. The third kappa shape index (κ3) is 4.14. The van der Waals surface area contributed by atoms with E-state index >= 15 is 0 Å². The molecule has 0 radical (unpaired) electrons. The van der Waals surface area contributed by atoms with Gasteiger partial charge in [-0.1, -0.05) is 0 Å². The Morgan fingerprint density at radius 3 is 2.78 bits per heavy atom. The van der Waals surface area contributed by atoms with Gasteiger partial charge in [0.15, 0.2) is 29.4 Å². The summed E-state index contributed by atoms with van der Waals surface area (Å²) in [5.74, 6) is 0.194. The number of phosphoric acid groups is 1. The fourth-order valence-electron chi connectivity index (χ4n) is 4.98. The Morgan fingerprint density at radius 2 is 2.00 bits per heavy atom. The molecule has 196 valence electrons. The number of rotatable bonds is 5. The van der Waals surface area contributed by atoms with Gasteiger partial charge in [-0.2, -0.15) is 0 Å². The highest BCUT2D eigenvalue weighted by Gasteiger charge is 2.65. The van der Waals surface area contributed by atoms with Gasteiger partial charge in [-0.15, -0.1) is 0 Å². The molecule has 0 saturated carbocycles.